The summed E-state index contributed by atoms with van der Waals surface area (Å²) in [6, 6.07) is 9.10. The van der Waals surface area contributed by atoms with Crippen LogP contribution < -0.4 is 10.6 Å². The van der Waals surface area contributed by atoms with Gasteiger partial charge in [-0.25, -0.2) is 4.79 Å². The van der Waals surface area contributed by atoms with E-state index in [0.29, 0.717) is 11.3 Å². The van der Waals surface area contributed by atoms with E-state index >= 15 is 0 Å². The van der Waals surface area contributed by atoms with Crippen molar-refractivity contribution in [3.05, 3.63) is 64.2 Å². The van der Waals surface area contributed by atoms with Gasteiger partial charge in [-0.2, -0.15) is 12.6 Å². The molecule has 0 spiro atoms. The molecule has 202 valence electrons. The van der Waals surface area contributed by atoms with Gasteiger partial charge < -0.3 is 25.4 Å². The van der Waals surface area contributed by atoms with Crippen molar-refractivity contribution in [2.45, 2.75) is 66.2 Å². The lowest BCUT2D eigenvalue weighted by atomic mass is 9.98. The smallest absolute Gasteiger partial charge is 0.408 e. The summed E-state index contributed by atoms with van der Waals surface area (Å²) in [7, 11) is 0. The molecular formula is C28H39N3O5S. The number of benzene rings is 2. The standard InChI is InChI=1S/C28H39N3O5S/c1-17-11-12-21(15-20(17)4)24(25(33)30-23-18(2)9-8-10-19(23)3)31(13-14-32)26(34)22(16-37)29-27(35)36-28(5,6)7/h8-12,15,22,24,32,37H,13-14,16H2,1-7H3,(H,29,35)(H,30,33). The van der Waals surface area contributed by atoms with Gasteiger partial charge in [0.1, 0.15) is 17.7 Å². The van der Waals surface area contributed by atoms with Crippen molar-refractivity contribution >= 4 is 36.2 Å². The van der Waals surface area contributed by atoms with Crippen molar-refractivity contribution < 1.29 is 24.2 Å². The molecule has 0 aliphatic heterocycles. The Hall–Kier alpha value is -3.04. The molecule has 0 saturated heterocycles. The summed E-state index contributed by atoms with van der Waals surface area (Å²) in [6.07, 6.45) is -0.772. The van der Waals surface area contributed by atoms with E-state index in [-0.39, 0.29) is 18.9 Å². The number of hydrogen-bond acceptors (Lipinski definition) is 6. The highest BCUT2D eigenvalue weighted by Gasteiger charge is 2.36. The molecule has 0 radical (unpaired) electrons. The van der Waals surface area contributed by atoms with Gasteiger partial charge in [-0.15, -0.1) is 0 Å². The van der Waals surface area contributed by atoms with Crippen LogP contribution in [0.3, 0.4) is 0 Å². The van der Waals surface area contributed by atoms with Crippen LogP contribution in [0.1, 0.15) is 54.6 Å². The van der Waals surface area contributed by atoms with Crippen LogP contribution >= 0.6 is 12.6 Å². The molecule has 8 nitrogen and oxygen atoms in total. The van der Waals surface area contributed by atoms with Crippen molar-refractivity contribution in [3.63, 3.8) is 0 Å². The molecule has 3 amide bonds. The minimum Gasteiger partial charge on any atom is -0.444 e. The highest BCUT2D eigenvalue weighted by molar-refractivity contribution is 7.80. The van der Waals surface area contributed by atoms with Crippen LogP contribution in [0.15, 0.2) is 36.4 Å². The van der Waals surface area contributed by atoms with E-state index in [2.05, 4.69) is 23.3 Å². The molecule has 2 unspecified atom stereocenters. The molecule has 0 saturated carbocycles. The lowest BCUT2D eigenvalue weighted by molar-refractivity contribution is -0.140. The molecule has 0 aliphatic carbocycles. The Balaban J connectivity index is 2.52. The number of aliphatic hydroxyl groups excluding tert-OH is 1. The number of nitrogens with one attached hydrogen (secondary N) is 2. The van der Waals surface area contributed by atoms with Crippen LogP contribution in [0.25, 0.3) is 0 Å². The van der Waals surface area contributed by atoms with Crippen LogP contribution in [-0.4, -0.2) is 58.5 Å². The molecule has 2 rings (SSSR count). The number of amides is 3. The number of carbonyl (C=O) groups is 3. The molecule has 9 heteroatoms. The summed E-state index contributed by atoms with van der Waals surface area (Å²) in [5.41, 5.74) is 4.25. The first-order chi connectivity index (χ1) is 17.3. The van der Waals surface area contributed by atoms with Crippen LogP contribution in [0.4, 0.5) is 10.5 Å². The molecule has 37 heavy (non-hydrogen) atoms. The zero-order valence-corrected chi connectivity index (χ0v) is 23.6. The first kappa shape index (κ1) is 30.2. The zero-order chi connectivity index (χ0) is 27.9. The highest BCUT2D eigenvalue weighted by atomic mass is 32.1. The molecule has 3 N–H and O–H groups in total. The van der Waals surface area contributed by atoms with E-state index in [1.807, 2.05) is 58.0 Å². The minimum atomic E-state index is -1.08. The van der Waals surface area contributed by atoms with E-state index < -0.39 is 35.6 Å². The topological polar surface area (TPSA) is 108 Å². The Morgan fingerprint density at radius 3 is 2.14 bits per heavy atom. The van der Waals surface area contributed by atoms with Crippen LogP contribution in [-0.2, 0) is 14.3 Å². The minimum absolute atomic E-state index is 0.0296. The maximum absolute atomic E-state index is 13.8. The lowest BCUT2D eigenvalue weighted by Crippen LogP contribution is -2.53. The summed E-state index contributed by atoms with van der Waals surface area (Å²) < 4.78 is 5.30. The van der Waals surface area contributed by atoms with Gasteiger partial charge in [-0.3, -0.25) is 9.59 Å². The third kappa shape index (κ3) is 8.23. The maximum atomic E-state index is 13.8. The molecule has 2 atom stereocenters. The number of alkyl carbamates (subject to hydrolysis) is 1. The molecule has 0 heterocycles. The molecule has 0 aliphatic rings. The van der Waals surface area contributed by atoms with Gasteiger partial charge in [-0.1, -0.05) is 36.4 Å². The fourth-order valence-corrected chi connectivity index (χ4v) is 4.17. The SMILES string of the molecule is Cc1ccc(C(C(=O)Nc2c(C)cccc2C)N(CCO)C(=O)C(CS)NC(=O)OC(C)(C)C)cc1C. The number of carbonyl (C=O) groups excluding carboxylic acids is 3. The Bertz CT molecular complexity index is 1110. The number of aliphatic hydroxyl groups is 1. The average molecular weight is 530 g/mol. The van der Waals surface area contributed by atoms with Crippen molar-refractivity contribution in [2.75, 3.05) is 24.2 Å². The van der Waals surface area contributed by atoms with E-state index in [1.165, 1.54) is 4.90 Å². The Kier molecular flexibility index (Phi) is 10.6. The average Bonchev–Trinajstić information content (AvgIpc) is 2.80. The number of thiol groups is 1. The third-order valence-corrected chi connectivity index (χ3v) is 6.30. The zero-order valence-electron chi connectivity index (χ0n) is 22.7. The number of rotatable bonds is 9. The second-order valence-corrected chi connectivity index (χ2v) is 10.5. The Labute approximate surface area is 225 Å². The van der Waals surface area contributed by atoms with E-state index in [4.69, 9.17) is 4.74 Å². The maximum Gasteiger partial charge on any atom is 0.408 e. The summed E-state index contributed by atoms with van der Waals surface area (Å²) in [5, 5.41) is 15.4. The second kappa shape index (κ2) is 13.0. The van der Waals surface area contributed by atoms with Crippen molar-refractivity contribution in [1.29, 1.82) is 0 Å². The highest BCUT2D eigenvalue weighted by Crippen LogP contribution is 2.28. The molecule has 0 fully saturated rings. The largest absolute Gasteiger partial charge is 0.444 e. The molecular weight excluding hydrogens is 490 g/mol. The Morgan fingerprint density at radius 1 is 1.00 bits per heavy atom. The first-order valence-electron chi connectivity index (χ1n) is 12.2. The van der Waals surface area contributed by atoms with Gasteiger partial charge in [0.15, 0.2) is 0 Å². The van der Waals surface area contributed by atoms with Crippen molar-refractivity contribution in [1.82, 2.24) is 10.2 Å². The fraction of sp³-hybridized carbons (Fsp3) is 0.464. The number of aryl methyl sites for hydroxylation is 4. The van der Waals surface area contributed by atoms with Gasteiger partial charge in [0.2, 0.25) is 5.91 Å². The number of hydrogen-bond donors (Lipinski definition) is 4. The summed E-state index contributed by atoms with van der Waals surface area (Å²) in [6.45, 7) is 12.3. The summed E-state index contributed by atoms with van der Waals surface area (Å²) in [5.74, 6) is -1.02. The molecule has 0 aromatic heterocycles. The van der Waals surface area contributed by atoms with E-state index in [0.717, 1.165) is 22.3 Å². The normalized spacial score (nSPS) is 12.9. The number of nitrogens with zero attached hydrogens (tertiary/aromatic N) is 1. The molecule has 0 bridgehead atoms. The van der Waals surface area contributed by atoms with Gasteiger partial charge in [-0.05, 0) is 76.3 Å². The van der Waals surface area contributed by atoms with E-state index in [9.17, 15) is 19.5 Å². The monoisotopic (exact) mass is 529 g/mol. The molecule has 2 aromatic rings. The van der Waals surface area contributed by atoms with Crippen LogP contribution in [0.5, 0.6) is 0 Å². The second-order valence-electron chi connectivity index (χ2n) is 10.1. The van der Waals surface area contributed by atoms with Gasteiger partial charge in [0.25, 0.3) is 5.91 Å². The number of para-hydroxylation sites is 1. The number of anilines is 1. The fourth-order valence-electron chi connectivity index (χ4n) is 3.92. The number of ether oxygens (including phenoxy) is 1. The van der Waals surface area contributed by atoms with Crippen molar-refractivity contribution in [3.8, 4) is 0 Å². The predicted octanol–water partition coefficient (Wildman–Crippen LogP) is 4.24. The molecule has 2 aromatic carbocycles. The predicted molar refractivity (Wildman–Crippen MR) is 149 cm³/mol. The van der Waals surface area contributed by atoms with Gasteiger partial charge >= 0.3 is 6.09 Å². The van der Waals surface area contributed by atoms with Crippen LogP contribution in [0, 0.1) is 27.7 Å². The van der Waals surface area contributed by atoms with Gasteiger partial charge in [0, 0.05) is 18.0 Å². The first-order valence-corrected chi connectivity index (χ1v) is 12.9. The van der Waals surface area contributed by atoms with Crippen LogP contribution in [0.2, 0.25) is 0 Å². The quantitative estimate of drug-likeness (QED) is 0.364. The Morgan fingerprint density at radius 2 is 1.62 bits per heavy atom. The lowest BCUT2D eigenvalue weighted by Gasteiger charge is -2.34. The third-order valence-electron chi connectivity index (χ3n) is 5.93. The van der Waals surface area contributed by atoms with E-state index in [1.54, 1.807) is 26.8 Å². The van der Waals surface area contributed by atoms with Crippen molar-refractivity contribution in [2.24, 2.45) is 0 Å². The summed E-state index contributed by atoms with van der Waals surface area (Å²) in [4.78, 5) is 41.3. The summed E-state index contributed by atoms with van der Waals surface area (Å²) >= 11 is 4.27. The van der Waals surface area contributed by atoms with Gasteiger partial charge in [0.05, 0.1) is 6.61 Å².